The normalized spacial score (nSPS) is 11.5. The van der Waals surface area contributed by atoms with Crippen LogP contribution in [-0.2, 0) is 11.2 Å². The van der Waals surface area contributed by atoms with E-state index in [0.717, 1.165) is 12.0 Å². The molecule has 4 nitrogen and oxygen atoms in total. The molecular weight excluding hydrogens is 287 g/mol. The predicted molar refractivity (Wildman–Crippen MR) is 72.7 cm³/mol. The lowest BCUT2D eigenvalue weighted by Crippen LogP contribution is -2.18. The highest BCUT2D eigenvalue weighted by molar-refractivity contribution is 5.43. The summed E-state index contributed by atoms with van der Waals surface area (Å²) >= 11 is 0. The van der Waals surface area contributed by atoms with Crippen molar-refractivity contribution in [1.29, 1.82) is 0 Å². The molecule has 0 bridgehead atoms. The third kappa shape index (κ3) is 7.19. The first-order chi connectivity index (χ1) is 9.96. The lowest BCUT2D eigenvalue weighted by atomic mass is 10.1. The van der Waals surface area contributed by atoms with E-state index in [1.165, 1.54) is 7.11 Å². The van der Waals surface area contributed by atoms with Gasteiger partial charge in [-0.25, -0.2) is 0 Å². The van der Waals surface area contributed by atoms with Gasteiger partial charge in [-0.1, -0.05) is 6.07 Å². The zero-order valence-electron chi connectivity index (χ0n) is 11.9. The van der Waals surface area contributed by atoms with Gasteiger partial charge in [0.25, 0.3) is 0 Å². The molecule has 0 spiro atoms. The lowest BCUT2D eigenvalue weighted by molar-refractivity contribution is -0.174. The van der Waals surface area contributed by atoms with Gasteiger partial charge in [0.2, 0.25) is 0 Å². The summed E-state index contributed by atoms with van der Waals surface area (Å²) in [5.74, 6) is 1.13. The smallest absolute Gasteiger partial charge is 0.411 e. The van der Waals surface area contributed by atoms with Crippen LogP contribution in [0.2, 0.25) is 0 Å². The second kappa shape index (κ2) is 8.74. The van der Waals surface area contributed by atoms with Gasteiger partial charge in [0.1, 0.15) is 6.61 Å². The van der Waals surface area contributed by atoms with Gasteiger partial charge in [-0.2, -0.15) is 13.2 Å². The molecule has 0 amide bonds. The van der Waals surface area contributed by atoms with E-state index in [1.54, 1.807) is 6.07 Å². The van der Waals surface area contributed by atoms with E-state index in [-0.39, 0.29) is 13.2 Å². The maximum atomic E-state index is 11.9. The van der Waals surface area contributed by atoms with Crippen LogP contribution in [-0.4, -0.2) is 39.7 Å². The Morgan fingerprint density at radius 2 is 1.90 bits per heavy atom. The molecule has 0 radical (unpaired) electrons. The molecule has 0 heterocycles. The zero-order valence-corrected chi connectivity index (χ0v) is 11.9. The van der Waals surface area contributed by atoms with E-state index < -0.39 is 12.8 Å². The molecule has 0 unspecified atom stereocenters. The highest BCUT2D eigenvalue weighted by atomic mass is 19.4. The fourth-order valence-electron chi connectivity index (χ4n) is 1.69. The number of rotatable bonds is 9. The average Bonchev–Trinajstić information content (AvgIpc) is 2.42. The Kier molecular flexibility index (Phi) is 7.31. The molecule has 0 fully saturated rings. The minimum Gasteiger partial charge on any atom is -0.493 e. The number of methoxy groups -OCH3 is 1. The molecule has 120 valence electrons. The summed E-state index contributed by atoms with van der Waals surface area (Å²) in [5.41, 5.74) is 6.51. The van der Waals surface area contributed by atoms with Crippen LogP contribution in [0.15, 0.2) is 18.2 Å². The average molecular weight is 307 g/mol. The van der Waals surface area contributed by atoms with Crippen molar-refractivity contribution in [2.24, 2.45) is 5.73 Å². The highest BCUT2D eigenvalue weighted by Gasteiger charge is 2.27. The van der Waals surface area contributed by atoms with E-state index >= 15 is 0 Å². The molecule has 0 aliphatic heterocycles. The van der Waals surface area contributed by atoms with Crippen molar-refractivity contribution in [2.45, 2.75) is 19.0 Å². The molecule has 7 heteroatoms. The van der Waals surface area contributed by atoms with E-state index in [0.29, 0.717) is 24.5 Å². The zero-order chi connectivity index (χ0) is 15.7. The number of alkyl halides is 3. The summed E-state index contributed by atoms with van der Waals surface area (Å²) in [4.78, 5) is 0. The third-order valence-electron chi connectivity index (χ3n) is 2.62. The maximum absolute atomic E-state index is 11.9. The molecule has 0 saturated carbocycles. The van der Waals surface area contributed by atoms with Crippen molar-refractivity contribution in [3.05, 3.63) is 23.8 Å². The van der Waals surface area contributed by atoms with Crippen LogP contribution in [0, 0.1) is 0 Å². The summed E-state index contributed by atoms with van der Waals surface area (Å²) in [6, 6.07) is 5.49. The number of hydrogen-bond acceptors (Lipinski definition) is 4. The van der Waals surface area contributed by atoms with Crippen molar-refractivity contribution in [3.63, 3.8) is 0 Å². The fourth-order valence-corrected chi connectivity index (χ4v) is 1.69. The van der Waals surface area contributed by atoms with Gasteiger partial charge < -0.3 is 19.9 Å². The lowest BCUT2D eigenvalue weighted by Gasteiger charge is -2.12. The summed E-state index contributed by atoms with van der Waals surface area (Å²) in [6.07, 6.45) is -3.21. The second-order valence-corrected chi connectivity index (χ2v) is 4.39. The molecule has 2 N–H and O–H groups in total. The Balaban J connectivity index is 2.38. The molecular formula is C14H20F3NO3. The summed E-state index contributed by atoms with van der Waals surface area (Å²) in [5, 5.41) is 0. The van der Waals surface area contributed by atoms with Crippen LogP contribution in [0.3, 0.4) is 0 Å². The summed E-state index contributed by atoms with van der Waals surface area (Å²) in [6.45, 7) is -0.468. The van der Waals surface area contributed by atoms with Crippen LogP contribution in [0.1, 0.15) is 12.0 Å². The SMILES string of the molecule is COc1ccc(CCN)cc1OCCCOCC(F)(F)F. The Labute approximate surface area is 122 Å². The number of benzene rings is 1. The Hall–Kier alpha value is -1.47. The summed E-state index contributed by atoms with van der Waals surface area (Å²) in [7, 11) is 1.53. The van der Waals surface area contributed by atoms with Gasteiger partial charge in [-0.15, -0.1) is 0 Å². The third-order valence-corrected chi connectivity index (χ3v) is 2.62. The van der Waals surface area contributed by atoms with Crippen LogP contribution in [0.5, 0.6) is 11.5 Å². The van der Waals surface area contributed by atoms with Gasteiger partial charge in [0.05, 0.1) is 20.3 Å². The standard InChI is InChI=1S/C14H20F3NO3/c1-19-12-4-3-11(5-6-18)9-13(12)21-8-2-7-20-10-14(15,16)17/h3-4,9H,2,5-8,10,18H2,1H3. The summed E-state index contributed by atoms with van der Waals surface area (Å²) < 4.78 is 50.8. The minimum absolute atomic E-state index is 0.00961. The van der Waals surface area contributed by atoms with Crippen molar-refractivity contribution in [2.75, 3.05) is 33.5 Å². The van der Waals surface area contributed by atoms with Gasteiger partial charge in [0, 0.05) is 6.42 Å². The molecule has 21 heavy (non-hydrogen) atoms. The Morgan fingerprint density at radius 1 is 1.14 bits per heavy atom. The number of nitrogens with two attached hydrogens (primary N) is 1. The van der Waals surface area contributed by atoms with Crippen molar-refractivity contribution >= 4 is 0 Å². The Bertz CT molecular complexity index is 424. The van der Waals surface area contributed by atoms with Crippen LogP contribution in [0.25, 0.3) is 0 Å². The van der Waals surface area contributed by atoms with Gasteiger partial charge in [-0.05, 0) is 30.7 Å². The van der Waals surface area contributed by atoms with Crippen molar-refractivity contribution < 1.29 is 27.4 Å². The van der Waals surface area contributed by atoms with E-state index in [4.69, 9.17) is 15.2 Å². The monoisotopic (exact) mass is 307 g/mol. The maximum Gasteiger partial charge on any atom is 0.411 e. The van der Waals surface area contributed by atoms with Crippen LogP contribution >= 0.6 is 0 Å². The first-order valence-electron chi connectivity index (χ1n) is 6.60. The molecule has 0 aliphatic carbocycles. The van der Waals surface area contributed by atoms with Crippen LogP contribution < -0.4 is 15.2 Å². The molecule has 0 aliphatic rings. The second-order valence-electron chi connectivity index (χ2n) is 4.39. The fraction of sp³-hybridized carbons (Fsp3) is 0.571. The van der Waals surface area contributed by atoms with Crippen molar-refractivity contribution in [1.82, 2.24) is 0 Å². The largest absolute Gasteiger partial charge is 0.493 e. The van der Waals surface area contributed by atoms with Gasteiger partial charge >= 0.3 is 6.18 Å². The van der Waals surface area contributed by atoms with Crippen LogP contribution in [0.4, 0.5) is 13.2 Å². The molecule has 0 atom stereocenters. The predicted octanol–water partition coefficient (Wildman–Crippen LogP) is 2.54. The molecule has 0 aromatic heterocycles. The van der Waals surface area contributed by atoms with Crippen molar-refractivity contribution in [3.8, 4) is 11.5 Å². The number of halogens is 3. The van der Waals surface area contributed by atoms with E-state index in [2.05, 4.69) is 4.74 Å². The topological polar surface area (TPSA) is 53.7 Å². The van der Waals surface area contributed by atoms with Gasteiger partial charge in [-0.3, -0.25) is 0 Å². The van der Waals surface area contributed by atoms with E-state index in [9.17, 15) is 13.2 Å². The first kappa shape index (κ1) is 17.6. The quantitative estimate of drug-likeness (QED) is 0.712. The molecule has 1 rings (SSSR count). The van der Waals surface area contributed by atoms with E-state index in [1.807, 2.05) is 12.1 Å². The number of ether oxygens (including phenoxy) is 3. The first-order valence-corrected chi connectivity index (χ1v) is 6.60. The Morgan fingerprint density at radius 3 is 2.52 bits per heavy atom. The highest BCUT2D eigenvalue weighted by Crippen LogP contribution is 2.28. The molecule has 1 aromatic carbocycles. The number of hydrogen-bond donors (Lipinski definition) is 1. The molecule has 1 aromatic rings. The molecule has 0 saturated heterocycles. The van der Waals surface area contributed by atoms with Gasteiger partial charge in [0.15, 0.2) is 11.5 Å². The minimum atomic E-state index is -4.29.